The Kier molecular flexibility index (Phi) is 3.71. The molecule has 0 aromatic heterocycles. The summed E-state index contributed by atoms with van der Waals surface area (Å²) < 4.78 is 0. The number of phenolic OH excluding ortho intramolecular Hbond substituents is 1. The van der Waals surface area contributed by atoms with Crippen LogP contribution in [0, 0.1) is 13.8 Å². The Morgan fingerprint density at radius 3 is 2.32 bits per heavy atom. The number of amides is 2. The minimum Gasteiger partial charge on any atom is -0.508 e. The van der Waals surface area contributed by atoms with Crippen molar-refractivity contribution in [1.29, 1.82) is 0 Å². The molecule has 0 unspecified atom stereocenters. The molecule has 4 nitrogen and oxygen atoms in total. The predicted molar refractivity (Wildman–Crippen MR) is 76.7 cm³/mol. The number of rotatable bonds is 2. The molecule has 2 amide bonds. The van der Waals surface area contributed by atoms with Gasteiger partial charge in [-0.3, -0.25) is 0 Å². The molecule has 0 saturated carbocycles. The molecule has 0 aliphatic carbocycles. The van der Waals surface area contributed by atoms with E-state index < -0.39 is 0 Å². The molecule has 19 heavy (non-hydrogen) atoms. The molecule has 0 atom stereocenters. The fraction of sp³-hybridized carbons (Fsp3) is 0.133. The molecular weight excluding hydrogens is 240 g/mol. The van der Waals surface area contributed by atoms with E-state index in [1.54, 1.807) is 12.1 Å². The maximum Gasteiger partial charge on any atom is 0.323 e. The number of anilines is 2. The van der Waals surface area contributed by atoms with Crippen molar-refractivity contribution in [2.24, 2.45) is 0 Å². The Labute approximate surface area is 112 Å². The van der Waals surface area contributed by atoms with Gasteiger partial charge < -0.3 is 15.7 Å². The van der Waals surface area contributed by atoms with Crippen LogP contribution in [0.25, 0.3) is 0 Å². The first-order chi connectivity index (χ1) is 9.04. The first-order valence-electron chi connectivity index (χ1n) is 5.99. The molecule has 0 aliphatic rings. The summed E-state index contributed by atoms with van der Waals surface area (Å²) in [5.74, 6) is 0.182. The van der Waals surface area contributed by atoms with Crippen molar-refractivity contribution in [3.63, 3.8) is 0 Å². The SMILES string of the molecule is Cc1ccc(NC(=O)Nc2ccc(O)cc2C)cc1. The molecule has 2 aromatic carbocycles. The van der Waals surface area contributed by atoms with E-state index in [-0.39, 0.29) is 11.8 Å². The highest BCUT2D eigenvalue weighted by atomic mass is 16.3. The third-order valence-electron chi connectivity index (χ3n) is 2.77. The van der Waals surface area contributed by atoms with Crippen LogP contribution in [0.15, 0.2) is 42.5 Å². The highest BCUT2D eigenvalue weighted by Gasteiger charge is 2.05. The van der Waals surface area contributed by atoms with Crippen molar-refractivity contribution >= 4 is 17.4 Å². The van der Waals surface area contributed by atoms with E-state index in [9.17, 15) is 9.90 Å². The summed E-state index contributed by atoms with van der Waals surface area (Å²) in [6.07, 6.45) is 0. The fourth-order valence-electron chi connectivity index (χ4n) is 1.71. The number of carbonyl (C=O) groups is 1. The third-order valence-corrected chi connectivity index (χ3v) is 2.77. The van der Waals surface area contributed by atoms with E-state index in [0.717, 1.165) is 16.8 Å². The maximum atomic E-state index is 11.8. The predicted octanol–water partition coefficient (Wildman–Crippen LogP) is 3.65. The van der Waals surface area contributed by atoms with Gasteiger partial charge in [0.1, 0.15) is 5.75 Å². The van der Waals surface area contributed by atoms with E-state index in [0.29, 0.717) is 5.69 Å². The van der Waals surface area contributed by atoms with Crippen LogP contribution in [0.3, 0.4) is 0 Å². The normalized spacial score (nSPS) is 10.0. The van der Waals surface area contributed by atoms with Crippen molar-refractivity contribution in [3.8, 4) is 5.75 Å². The molecule has 0 heterocycles. The Hall–Kier alpha value is -2.49. The van der Waals surface area contributed by atoms with Gasteiger partial charge in [0.25, 0.3) is 0 Å². The van der Waals surface area contributed by atoms with Crippen LogP contribution in [0.5, 0.6) is 5.75 Å². The van der Waals surface area contributed by atoms with Gasteiger partial charge >= 0.3 is 6.03 Å². The van der Waals surface area contributed by atoms with Crippen molar-refractivity contribution in [2.45, 2.75) is 13.8 Å². The first kappa shape index (κ1) is 13.0. The van der Waals surface area contributed by atoms with Crippen molar-refractivity contribution in [2.75, 3.05) is 10.6 Å². The largest absolute Gasteiger partial charge is 0.508 e. The minimum absolute atomic E-state index is 0.182. The van der Waals surface area contributed by atoms with Gasteiger partial charge in [0.15, 0.2) is 0 Å². The van der Waals surface area contributed by atoms with Gasteiger partial charge in [-0.05, 0) is 49.7 Å². The van der Waals surface area contributed by atoms with Crippen LogP contribution in [0.1, 0.15) is 11.1 Å². The van der Waals surface area contributed by atoms with Gasteiger partial charge in [0.2, 0.25) is 0 Å². The molecule has 2 rings (SSSR count). The minimum atomic E-state index is -0.308. The Balaban J connectivity index is 2.03. The van der Waals surface area contributed by atoms with Crippen LogP contribution in [-0.4, -0.2) is 11.1 Å². The topological polar surface area (TPSA) is 61.4 Å². The Bertz CT molecular complexity index is 592. The van der Waals surface area contributed by atoms with Gasteiger partial charge in [0.05, 0.1) is 0 Å². The lowest BCUT2D eigenvalue weighted by molar-refractivity contribution is 0.262. The zero-order valence-corrected chi connectivity index (χ0v) is 10.9. The fourth-order valence-corrected chi connectivity index (χ4v) is 1.71. The molecule has 2 aromatic rings. The molecule has 98 valence electrons. The summed E-state index contributed by atoms with van der Waals surface area (Å²) in [5, 5.41) is 14.8. The number of hydrogen-bond acceptors (Lipinski definition) is 2. The highest BCUT2D eigenvalue weighted by Crippen LogP contribution is 2.20. The Morgan fingerprint density at radius 1 is 1.00 bits per heavy atom. The van der Waals surface area contributed by atoms with Crippen molar-refractivity contribution in [3.05, 3.63) is 53.6 Å². The van der Waals surface area contributed by atoms with Crippen LogP contribution < -0.4 is 10.6 Å². The summed E-state index contributed by atoms with van der Waals surface area (Å²) in [7, 11) is 0. The van der Waals surface area contributed by atoms with Gasteiger partial charge in [0, 0.05) is 11.4 Å². The molecule has 0 spiro atoms. The number of urea groups is 1. The maximum absolute atomic E-state index is 11.8. The molecular formula is C15H16N2O2. The van der Waals surface area contributed by atoms with E-state index in [4.69, 9.17) is 0 Å². The summed E-state index contributed by atoms with van der Waals surface area (Å²) >= 11 is 0. The zero-order valence-electron chi connectivity index (χ0n) is 10.9. The van der Waals surface area contributed by atoms with Crippen molar-refractivity contribution < 1.29 is 9.90 Å². The van der Waals surface area contributed by atoms with Crippen LogP contribution in [0.2, 0.25) is 0 Å². The summed E-state index contributed by atoms with van der Waals surface area (Å²) in [4.78, 5) is 11.8. The smallest absolute Gasteiger partial charge is 0.323 e. The second-order valence-corrected chi connectivity index (χ2v) is 4.44. The van der Waals surface area contributed by atoms with E-state index in [1.807, 2.05) is 38.1 Å². The third kappa shape index (κ3) is 3.48. The second kappa shape index (κ2) is 5.44. The summed E-state index contributed by atoms with van der Waals surface area (Å²) in [5.41, 5.74) is 3.35. The van der Waals surface area contributed by atoms with E-state index in [1.165, 1.54) is 6.07 Å². The van der Waals surface area contributed by atoms with Gasteiger partial charge in [-0.25, -0.2) is 4.79 Å². The van der Waals surface area contributed by atoms with Crippen LogP contribution >= 0.6 is 0 Å². The second-order valence-electron chi connectivity index (χ2n) is 4.44. The Morgan fingerprint density at radius 2 is 1.68 bits per heavy atom. The number of aryl methyl sites for hydroxylation is 2. The number of benzene rings is 2. The van der Waals surface area contributed by atoms with E-state index >= 15 is 0 Å². The number of carbonyl (C=O) groups excluding carboxylic acids is 1. The van der Waals surface area contributed by atoms with Crippen LogP contribution in [-0.2, 0) is 0 Å². The average molecular weight is 256 g/mol. The molecule has 3 N–H and O–H groups in total. The zero-order chi connectivity index (χ0) is 13.8. The standard InChI is InChI=1S/C15H16N2O2/c1-10-3-5-12(6-4-10)16-15(19)17-14-8-7-13(18)9-11(14)2/h3-9,18H,1-2H3,(H2,16,17,19). The monoisotopic (exact) mass is 256 g/mol. The number of hydrogen-bond donors (Lipinski definition) is 3. The molecule has 0 bridgehead atoms. The van der Waals surface area contributed by atoms with Crippen molar-refractivity contribution in [1.82, 2.24) is 0 Å². The summed E-state index contributed by atoms with van der Waals surface area (Å²) in [6.45, 7) is 3.81. The summed E-state index contributed by atoms with van der Waals surface area (Å²) in [6, 6.07) is 12.0. The van der Waals surface area contributed by atoms with E-state index in [2.05, 4.69) is 10.6 Å². The number of phenols is 1. The average Bonchev–Trinajstić information content (AvgIpc) is 2.36. The van der Waals surface area contributed by atoms with Gasteiger partial charge in [-0.2, -0.15) is 0 Å². The van der Waals surface area contributed by atoms with Gasteiger partial charge in [-0.1, -0.05) is 17.7 Å². The lowest BCUT2D eigenvalue weighted by Crippen LogP contribution is -2.19. The molecule has 0 saturated heterocycles. The van der Waals surface area contributed by atoms with Gasteiger partial charge in [-0.15, -0.1) is 0 Å². The highest BCUT2D eigenvalue weighted by molar-refractivity contribution is 6.00. The number of nitrogens with one attached hydrogen (secondary N) is 2. The van der Waals surface area contributed by atoms with Crippen LogP contribution in [0.4, 0.5) is 16.2 Å². The number of aromatic hydroxyl groups is 1. The molecule has 4 heteroatoms. The lowest BCUT2D eigenvalue weighted by Gasteiger charge is -2.10. The molecule has 0 fully saturated rings. The molecule has 0 radical (unpaired) electrons. The quantitative estimate of drug-likeness (QED) is 0.718. The molecule has 0 aliphatic heterocycles. The lowest BCUT2D eigenvalue weighted by atomic mass is 10.2. The first-order valence-corrected chi connectivity index (χ1v) is 5.99.